The highest BCUT2D eigenvalue weighted by Gasteiger charge is 2.31. The van der Waals surface area contributed by atoms with E-state index in [1.54, 1.807) is 6.92 Å². The lowest BCUT2D eigenvalue weighted by atomic mass is 9.96. The summed E-state index contributed by atoms with van der Waals surface area (Å²) < 4.78 is 46.6. The van der Waals surface area contributed by atoms with Gasteiger partial charge < -0.3 is 19.4 Å². The van der Waals surface area contributed by atoms with E-state index in [0.29, 0.717) is 30.2 Å². The number of aryl methyl sites for hydroxylation is 3. The minimum atomic E-state index is -4.76. The monoisotopic (exact) mass is 448 g/mol. The van der Waals surface area contributed by atoms with Crippen LogP contribution in [0.1, 0.15) is 30.0 Å². The molecular weight excluding hydrogens is 425 g/mol. The van der Waals surface area contributed by atoms with Crippen molar-refractivity contribution >= 4 is 28.5 Å². The molecule has 3 aromatic rings. The van der Waals surface area contributed by atoms with Gasteiger partial charge in [0.1, 0.15) is 23.2 Å². The van der Waals surface area contributed by atoms with Crippen LogP contribution in [0.2, 0.25) is 0 Å². The number of rotatable bonds is 4. The van der Waals surface area contributed by atoms with Gasteiger partial charge in [0, 0.05) is 24.3 Å². The molecule has 0 bridgehead atoms. The highest BCUT2D eigenvalue weighted by Crippen LogP contribution is 2.33. The van der Waals surface area contributed by atoms with E-state index in [-0.39, 0.29) is 17.6 Å². The molecule has 0 saturated carbocycles. The first-order chi connectivity index (χ1) is 15.1. The van der Waals surface area contributed by atoms with Gasteiger partial charge in [0.25, 0.3) is 0 Å². The van der Waals surface area contributed by atoms with Crippen molar-refractivity contribution in [3.8, 4) is 5.75 Å². The van der Waals surface area contributed by atoms with Crippen LogP contribution >= 0.6 is 0 Å². The lowest BCUT2D eigenvalue weighted by Gasteiger charge is -2.33. The number of nitrogens with one attached hydrogen (secondary N) is 1. The lowest BCUT2D eigenvalue weighted by Crippen LogP contribution is -2.41. The Bertz CT molecular complexity index is 1140. The number of anilines is 2. The van der Waals surface area contributed by atoms with Crippen LogP contribution in [0.4, 0.5) is 24.7 Å². The van der Waals surface area contributed by atoms with Gasteiger partial charge in [-0.15, -0.1) is 13.2 Å². The van der Waals surface area contributed by atoms with Gasteiger partial charge in [-0.2, -0.15) is 4.98 Å². The van der Waals surface area contributed by atoms with Gasteiger partial charge in [0.15, 0.2) is 0 Å². The fourth-order valence-corrected chi connectivity index (χ4v) is 3.93. The summed E-state index contributed by atoms with van der Waals surface area (Å²) >= 11 is 0. The fraction of sp³-hybridized carbons (Fsp3) is 0.409. The van der Waals surface area contributed by atoms with Crippen molar-refractivity contribution in [2.24, 2.45) is 5.92 Å². The molecule has 2 aromatic heterocycles. The molecule has 0 aliphatic carbocycles. The highest BCUT2D eigenvalue weighted by atomic mass is 19.4. The molecular formula is C22H23F3N4O3. The zero-order valence-corrected chi connectivity index (χ0v) is 17.9. The van der Waals surface area contributed by atoms with Crippen LogP contribution in [0, 0.1) is 26.7 Å². The first kappa shape index (κ1) is 21.9. The molecule has 1 saturated heterocycles. The van der Waals surface area contributed by atoms with Gasteiger partial charge in [-0.3, -0.25) is 4.79 Å². The second-order valence-electron chi connectivity index (χ2n) is 7.90. The van der Waals surface area contributed by atoms with E-state index in [2.05, 4.69) is 24.9 Å². The molecule has 1 aliphatic rings. The van der Waals surface area contributed by atoms with Crippen molar-refractivity contribution in [1.29, 1.82) is 0 Å². The number of amides is 1. The summed E-state index contributed by atoms with van der Waals surface area (Å²) in [6.07, 6.45) is -3.25. The third-order valence-corrected chi connectivity index (χ3v) is 5.57. The molecule has 1 N–H and O–H groups in total. The van der Waals surface area contributed by atoms with Gasteiger partial charge in [-0.25, -0.2) is 4.98 Å². The van der Waals surface area contributed by atoms with Crippen molar-refractivity contribution in [3.05, 3.63) is 41.4 Å². The molecule has 1 aliphatic heterocycles. The topological polar surface area (TPSA) is 80.5 Å². The van der Waals surface area contributed by atoms with Gasteiger partial charge in [-0.1, -0.05) is 0 Å². The minimum Gasteiger partial charge on any atom is -0.443 e. The van der Waals surface area contributed by atoms with Crippen molar-refractivity contribution in [3.63, 3.8) is 0 Å². The Morgan fingerprint density at radius 2 is 1.91 bits per heavy atom. The number of alkyl halides is 3. The Balaban J connectivity index is 1.49. The van der Waals surface area contributed by atoms with E-state index in [1.807, 2.05) is 13.8 Å². The van der Waals surface area contributed by atoms with Crippen molar-refractivity contribution < 1.29 is 27.1 Å². The maximum absolute atomic E-state index is 12.9. The molecule has 1 atom stereocenters. The summed E-state index contributed by atoms with van der Waals surface area (Å²) in [4.78, 5) is 24.0. The number of furan rings is 1. The van der Waals surface area contributed by atoms with E-state index in [1.165, 1.54) is 24.3 Å². The SMILES string of the molecule is Cc1nc(N2CCC[C@@H](C(=O)Nc3ccc(OC(F)(F)F)cc3)C2)c2c(C)c(C)oc2n1. The molecule has 1 amide bonds. The Morgan fingerprint density at radius 1 is 1.19 bits per heavy atom. The molecule has 0 radical (unpaired) electrons. The zero-order valence-electron chi connectivity index (χ0n) is 17.9. The van der Waals surface area contributed by atoms with E-state index in [9.17, 15) is 18.0 Å². The standard InChI is InChI=1S/C22H23F3N4O3/c1-12-13(2)31-21-18(12)19(26-14(3)27-21)29-10-4-5-15(11-29)20(30)28-16-6-8-17(9-7-16)32-22(23,24)25/h6-9,15H,4-5,10-11H2,1-3H3,(H,28,30)/t15-/m1/s1. The quantitative estimate of drug-likeness (QED) is 0.612. The van der Waals surface area contributed by atoms with Crippen LogP contribution in [-0.4, -0.2) is 35.3 Å². The molecule has 4 rings (SSSR count). The second kappa shape index (κ2) is 8.33. The van der Waals surface area contributed by atoms with Crippen LogP contribution in [0.3, 0.4) is 0 Å². The Kier molecular flexibility index (Phi) is 5.70. The Labute approximate surface area is 182 Å². The number of hydrogen-bond donors (Lipinski definition) is 1. The summed E-state index contributed by atoms with van der Waals surface area (Å²) in [5.41, 5.74) is 1.92. The number of carbonyl (C=O) groups excluding carboxylic acids is 1. The number of hydrogen-bond acceptors (Lipinski definition) is 6. The van der Waals surface area contributed by atoms with Crippen molar-refractivity contribution in [1.82, 2.24) is 9.97 Å². The van der Waals surface area contributed by atoms with Crippen LogP contribution in [0.15, 0.2) is 28.7 Å². The van der Waals surface area contributed by atoms with E-state index >= 15 is 0 Å². The zero-order chi connectivity index (χ0) is 23.0. The average Bonchev–Trinajstić information content (AvgIpc) is 3.01. The average molecular weight is 448 g/mol. The molecule has 1 aromatic carbocycles. The summed E-state index contributed by atoms with van der Waals surface area (Å²) in [7, 11) is 0. The van der Waals surface area contributed by atoms with Crippen LogP contribution in [0.25, 0.3) is 11.1 Å². The molecule has 1 fully saturated rings. The van der Waals surface area contributed by atoms with Gasteiger partial charge in [0.2, 0.25) is 11.6 Å². The number of halogens is 3. The predicted molar refractivity (Wildman–Crippen MR) is 113 cm³/mol. The van der Waals surface area contributed by atoms with Crippen LogP contribution in [-0.2, 0) is 4.79 Å². The maximum Gasteiger partial charge on any atom is 0.573 e. The fourth-order valence-electron chi connectivity index (χ4n) is 3.93. The first-order valence-electron chi connectivity index (χ1n) is 10.3. The van der Waals surface area contributed by atoms with Crippen molar-refractivity contribution in [2.45, 2.75) is 40.0 Å². The number of piperidine rings is 1. The molecule has 0 spiro atoms. The largest absolute Gasteiger partial charge is 0.573 e. The summed E-state index contributed by atoms with van der Waals surface area (Å²) in [6, 6.07) is 5.10. The smallest absolute Gasteiger partial charge is 0.443 e. The number of aromatic nitrogens is 2. The summed E-state index contributed by atoms with van der Waals surface area (Å²) in [5.74, 6) is 1.30. The van der Waals surface area contributed by atoms with Crippen LogP contribution in [0.5, 0.6) is 5.75 Å². The number of nitrogens with zero attached hydrogens (tertiary/aromatic N) is 3. The van der Waals surface area contributed by atoms with E-state index < -0.39 is 6.36 Å². The van der Waals surface area contributed by atoms with Gasteiger partial charge in [-0.05, 0) is 57.9 Å². The normalized spacial score (nSPS) is 16.9. The summed E-state index contributed by atoms with van der Waals surface area (Å²) in [5, 5.41) is 3.64. The molecule has 170 valence electrons. The van der Waals surface area contributed by atoms with Crippen molar-refractivity contribution in [2.75, 3.05) is 23.3 Å². The van der Waals surface area contributed by atoms with Crippen LogP contribution < -0.4 is 15.0 Å². The molecule has 10 heteroatoms. The maximum atomic E-state index is 12.9. The second-order valence-corrected chi connectivity index (χ2v) is 7.90. The van der Waals surface area contributed by atoms with E-state index in [0.717, 1.165) is 35.5 Å². The molecule has 3 heterocycles. The molecule has 7 nitrogen and oxygen atoms in total. The minimum absolute atomic E-state index is 0.193. The van der Waals surface area contributed by atoms with Gasteiger partial charge in [0.05, 0.1) is 11.3 Å². The number of fused-ring (bicyclic) bond motifs is 1. The Hall–Kier alpha value is -3.30. The number of carbonyl (C=O) groups is 1. The van der Waals surface area contributed by atoms with Gasteiger partial charge >= 0.3 is 6.36 Å². The third kappa shape index (κ3) is 4.63. The third-order valence-electron chi connectivity index (χ3n) is 5.57. The first-order valence-corrected chi connectivity index (χ1v) is 10.3. The highest BCUT2D eigenvalue weighted by molar-refractivity contribution is 5.94. The summed E-state index contributed by atoms with van der Waals surface area (Å²) in [6.45, 7) is 6.87. The molecule has 0 unspecified atom stereocenters. The number of benzene rings is 1. The lowest BCUT2D eigenvalue weighted by molar-refractivity contribution is -0.274. The van der Waals surface area contributed by atoms with E-state index in [4.69, 9.17) is 4.42 Å². The number of ether oxygens (including phenoxy) is 1. The molecule has 32 heavy (non-hydrogen) atoms. The predicted octanol–water partition coefficient (Wildman–Crippen LogP) is 4.90. The Morgan fingerprint density at radius 3 is 2.59 bits per heavy atom.